The van der Waals surface area contributed by atoms with E-state index in [-0.39, 0.29) is 0 Å². The van der Waals surface area contributed by atoms with Crippen molar-refractivity contribution in [2.24, 2.45) is 0 Å². The summed E-state index contributed by atoms with van der Waals surface area (Å²) in [6.07, 6.45) is 0. The molecular formula is C13H13ClN2O. The monoisotopic (exact) mass is 248 g/mol. The summed E-state index contributed by atoms with van der Waals surface area (Å²) in [6.45, 7) is 3.82. The molecule has 4 heteroatoms. The fourth-order valence-electron chi connectivity index (χ4n) is 1.96. The number of rotatable bonds is 2. The van der Waals surface area contributed by atoms with Crippen LogP contribution in [0.25, 0.3) is 11.3 Å². The molecule has 0 bridgehead atoms. The van der Waals surface area contributed by atoms with E-state index in [1.165, 1.54) is 0 Å². The minimum Gasteiger partial charge on any atom is -0.445 e. The zero-order chi connectivity index (χ0) is 11.8. The van der Waals surface area contributed by atoms with Gasteiger partial charge in [0.1, 0.15) is 11.5 Å². The van der Waals surface area contributed by atoms with Gasteiger partial charge in [-0.25, -0.2) is 4.98 Å². The standard InChI is InChI=1S/C13H13ClN2O/c1-8-12(10-4-2-3-5-11(10)14)16-13(17-8)9-6-15-7-9/h2-5,9,15H,6-7H2,1H3. The smallest absolute Gasteiger partial charge is 0.200 e. The molecule has 0 aliphatic carbocycles. The Bertz CT molecular complexity index is 546. The van der Waals surface area contributed by atoms with Gasteiger partial charge in [-0.05, 0) is 13.0 Å². The second-order valence-electron chi connectivity index (χ2n) is 4.29. The molecule has 1 aromatic carbocycles. The summed E-state index contributed by atoms with van der Waals surface area (Å²) in [5.41, 5.74) is 1.80. The summed E-state index contributed by atoms with van der Waals surface area (Å²) in [5, 5.41) is 3.92. The van der Waals surface area contributed by atoms with E-state index in [4.69, 9.17) is 16.0 Å². The van der Waals surface area contributed by atoms with Crippen molar-refractivity contribution in [3.63, 3.8) is 0 Å². The lowest BCUT2D eigenvalue weighted by molar-refractivity contribution is 0.350. The first-order valence-electron chi connectivity index (χ1n) is 5.68. The van der Waals surface area contributed by atoms with Crippen LogP contribution in [-0.4, -0.2) is 18.1 Å². The van der Waals surface area contributed by atoms with Crippen molar-refractivity contribution in [1.29, 1.82) is 0 Å². The fourth-order valence-corrected chi connectivity index (χ4v) is 2.18. The van der Waals surface area contributed by atoms with Crippen molar-refractivity contribution in [2.45, 2.75) is 12.8 Å². The predicted octanol–water partition coefficient (Wildman–Crippen LogP) is 2.99. The molecular weight excluding hydrogens is 236 g/mol. The number of nitrogens with zero attached hydrogens (tertiary/aromatic N) is 1. The molecule has 3 nitrogen and oxygen atoms in total. The van der Waals surface area contributed by atoms with E-state index in [1.54, 1.807) is 0 Å². The Labute approximate surface area is 105 Å². The predicted molar refractivity (Wildman–Crippen MR) is 67.3 cm³/mol. The number of hydrogen-bond donors (Lipinski definition) is 1. The van der Waals surface area contributed by atoms with E-state index in [2.05, 4.69) is 10.3 Å². The van der Waals surface area contributed by atoms with Gasteiger partial charge in [0.05, 0.1) is 10.9 Å². The largest absolute Gasteiger partial charge is 0.445 e. The zero-order valence-electron chi connectivity index (χ0n) is 9.53. The summed E-state index contributed by atoms with van der Waals surface area (Å²) in [7, 11) is 0. The Hall–Kier alpha value is -1.32. The molecule has 1 aliphatic heterocycles. The molecule has 1 saturated heterocycles. The second kappa shape index (κ2) is 4.17. The molecule has 2 heterocycles. The van der Waals surface area contributed by atoms with Gasteiger partial charge in [-0.1, -0.05) is 29.8 Å². The van der Waals surface area contributed by atoms with E-state index in [0.717, 1.165) is 36.0 Å². The topological polar surface area (TPSA) is 38.1 Å². The Kier molecular flexibility index (Phi) is 2.65. The molecule has 0 saturated carbocycles. The van der Waals surface area contributed by atoms with Gasteiger partial charge in [0.2, 0.25) is 5.89 Å². The van der Waals surface area contributed by atoms with Crippen molar-refractivity contribution < 1.29 is 4.42 Å². The third-order valence-corrected chi connectivity index (χ3v) is 3.40. The lowest BCUT2D eigenvalue weighted by Crippen LogP contribution is -2.40. The van der Waals surface area contributed by atoms with Crippen molar-refractivity contribution in [3.05, 3.63) is 40.9 Å². The SMILES string of the molecule is Cc1oc(C2CNC2)nc1-c1ccccc1Cl. The number of hydrogen-bond acceptors (Lipinski definition) is 3. The van der Waals surface area contributed by atoms with Crippen molar-refractivity contribution in [1.82, 2.24) is 10.3 Å². The maximum absolute atomic E-state index is 6.17. The fraction of sp³-hybridized carbons (Fsp3) is 0.308. The normalized spacial score (nSPS) is 15.9. The van der Waals surface area contributed by atoms with Gasteiger partial charge in [0.15, 0.2) is 0 Å². The average Bonchev–Trinajstić information content (AvgIpc) is 2.58. The average molecular weight is 249 g/mol. The maximum atomic E-state index is 6.17. The highest BCUT2D eigenvalue weighted by Crippen LogP contribution is 2.32. The van der Waals surface area contributed by atoms with Crippen molar-refractivity contribution in [2.75, 3.05) is 13.1 Å². The molecule has 17 heavy (non-hydrogen) atoms. The third kappa shape index (κ3) is 1.85. The van der Waals surface area contributed by atoms with Gasteiger partial charge in [-0.15, -0.1) is 0 Å². The molecule has 0 atom stereocenters. The highest BCUT2D eigenvalue weighted by atomic mass is 35.5. The minimum absolute atomic E-state index is 0.407. The van der Waals surface area contributed by atoms with E-state index in [0.29, 0.717) is 10.9 Å². The number of aromatic nitrogens is 1. The first kappa shape index (κ1) is 10.8. The Morgan fingerprint density at radius 2 is 2.12 bits per heavy atom. The van der Waals surface area contributed by atoms with Gasteiger partial charge in [-0.2, -0.15) is 0 Å². The van der Waals surface area contributed by atoms with Crippen molar-refractivity contribution >= 4 is 11.6 Å². The Morgan fingerprint density at radius 3 is 2.76 bits per heavy atom. The van der Waals surface area contributed by atoms with E-state index in [1.807, 2.05) is 31.2 Å². The Morgan fingerprint density at radius 1 is 1.35 bits per heavy atom. The number of nitrogens with one attached hydrogen (secondary N) is 1. The summed E-state index contributed by atoms with van der Waals surface area (Å²) in [4.78, 5) is 4.57. The highest BCUT2D eigenvalue weighted by Gasteiger charge is 2.25. The lowest BCUT2D eigenvalue weighted by Gasteiger charge is -2.23. The number of aryl methyl sites for hydroxylation is 1. The molecule has 0 amide bonds. The minimum atomic E-state index is 0.407. The molecule has 1 fully saturated rings. The van der Waals surface area contributed by atoms with Gasteiger partial charge < -0.3 is 9.73 Å². The lowest BCUT2D eigenvalue weighted by atomic mass is 10.0. The molecule has 3 rings (SSSR count). The van der Waals surface area contributed by atoms with Crippen LogP contribution in [-0.2, 0) is 0 Å². The number of oxazole rings is 1. The summed E-state index contributed by atoms with van der Waals surface area (Å²) in [5.74, 6) is 2.06. The molecule has 0 unspecified atom stereocenters. The summed E-state index contributed by atoms with van der Waals surface area (Å²) < 4.78 is 5.72. The van der Waals surface area contributed by atoms with Crippen LogP contribution in [0.2, 0.25) is 5.02 Å². The van der Waals surface area contributed by atoms with Gasteiger partial charge >= 0.3 is 0 Å². The number of benzene rings is 1. The van der Waals surface area contributed by atoms with Crippen LogP contribution < -0.4 is 5.32 Å². The Balaban J connectivity index is 2.03. The molecule has 0 spiro atoms. The number of halogens is 1. The summed E-state index contributed by atoms with van der Waals surface area (Å²) in [6, 6.07) is 7.71. The van der Waals surface area contributed by atoms with E-state index in [9.17, 15) is 0 Å². The first-order valence-corrected chi connectivity index (χ1v) is 6.06. The zero-order valence-corrected chi connectivity index (χ0v) is 10.3. The van der Waals surface area contributed by atoms with E-state index >= 15 is 0 Å². The van der Waals surface area contributed by atoms with Crippen LogP contribution in [0, 0.1) is 6.92 Å². The second-order valence-corrected chi connectivity index (χ2v) is 4.70. The molecule has 1 aliphatic rings. The molecule has 0 radical (unpaired) electrons. The van der Waals surface area contributed by atoms with Gasteiger partial charge in [0, 0.05) is 18.7 Å². The molecule has 1 N–H and O–H groups in total. The molecule has 88 valence electrons. The summed E-state index contributed by atoms with van der Waals surface area (Å²) >= 11 is 6.17. The maximum Gasteiger partial charge on any atom is 0.200 e. The van der Waals surface area contributed by atoms with Crippen LogP contribution in [0.1, 0.15) is 17.6 Å². The van der Waals surface area contributed by atoms with Crippen molar-refractivity contribution in [3.8, 4) is 11.3 Å². The van der Waals surface area contributed by atoms with Crippen LogP contribution in [0.5, 0.6) is 0 Å². The quantitative estimate of drug-likeness (QED) is 0.888. The molecule has 1 aromatic heterocycles. The van der Waals surface area contributed by atoms with Gasteiger partial charge in [-0.3, -0.25) is 0 Å². The van der Waals surface area contributed by atoms with Gasteiger partial charge in [0.25, 0.3) is 0 Å². The third-order valence-electron chi connectivity index (χ3n) is 3.07. The van der Waals surface area contributed by atoms with Crippen LogP contribution in [0.15, 0.2) is 28.7 Å². The van der Waals surface area contributed by atoms with Crippen LogP contribution in [0.3, 0.4) is 0 Å². The van der Waals surface area contributed by atoms with Crippen LogP contribution >= 0.6 is 11.6 Å². The molecule has 2 aromatic rings. The van der Waals surface area contributed by atoms with E-state index < -0.39 is 0 Å². The first-order chi connectivity index (χ1) is 8.25. The highest BCUT2D eigenvalue weighted by molar-refractivity contribution is 6.33. The van der Waals surface area contributed by atoms with Crippen LogP contribution in [0.4, 0.5) is 0 Å².